The standard InChI is InChI=1S/C27H30OSi/c1-5-29(6-2,7-3)27-25-19-21(28-4)17-18-23(25)22-15-11-12-16-24(22)26(27)20-13-9-8-10-14-20/h8-19H,5-7H2,1-4H3. The molecule has 0 atom stereocenters. The lowest BCUT2D eigenvalue weighted by Crippen LogP contribution is -2.47. The molecule has 0 heterocycles. The predicted octanol–water partition coefficient (Wildman–Crippen LogP) is 7.38. The molecular weight excluding hydrogens is 368 g/mol. The highest BCUT2D eigenvalue weighted by molar-refractivity contribution is 6.94. The monoisotopic (exact) mass is 398 g/mol. The second kappa shape index (κ2) is 8.04. The lowest BCUT2D eigenvalue weighted by atomic mass is 9.93. The third kappa shape index (κ3) is 3.16. The number of benzene rings is 4. The zero-order valence-electron chi connectivity index (χ0n) is 18.0. The molecule has 0 spiro atoms. The fraction of sp³-hybridized carbons (Fsp3) is 0.259. The van der Waals surface area contributed by atoms with Crippen LogP contribution in [0.5, 0.6) is 5.75 Å². The van der Waals surface area contributed by atoms with Crippen molar-refractivity contribution < 1.29 is 4.74 Å². The zero-order valence-corrected chi connectivity index (χ0v) is 19.0. The summed E-state index contributed by atoms with van der Waals surface area (Å²) in [6.07, 6.45) is 0. The van der Waals surface area contributed by atoms with E-state index in [9.17, 15) is 0 Å². The molecule has 0 N–H and O–H groups in total. The lowest BCUT2D eigenvalue weighted by molar-refractivity contribution is 0.415. The number of methoxy groups -OCH3 is 1. The average Bonchev–Trinajstić information content (AvgIpc) is 2.80. The maximum Gasteiger partial charge on any atom is 0.119 e. The molecule has 0 saturated carbocycles. The Labute approximate surface area is 175 Å². The first-order valence-corrected chi connectivity index (χ1v) is 13.4. The van der Waals surface area contributed by atoms with Crippen LogP contribution in [0.4, 0.5) is 0 Å². The minimum atomic E-state index is -1.69. The topological polar surface area (TPSA) is 9.23 Å². The summed E-state index contributed by atoms with van der Waals surface area (Å²) < 4.78 is 5.66. The SMILES string of the molecule is CC[Si](CC)(CC)c1c(-c2ccccc2)c2ccccc2c2ccc(OC)cc12. The molecule has 0 aliphatic carbocycles. The first-order chi connectivity index (χ1) is 14.2. The largest absolute Gasteiger partial charge is 0.497 e. The summed E-state index contributed by atoms with van der Waals surface area (Å²) >= 11 is 0. The van der Waals surface area contributed by atoms with Crippen LogP contribution in [0.3, 0.4) is 0 Å². The minimum absolute atomic E-state index is 0.944. The van der Waals surface area contributed by atoms with E-state index in [0.717, 1.165) is 5.75 Å². The van der Waals surface area contributed by atoms with Crippen LogP contribution in [0.1, 0.15) is 20.8 Å². The van der Waals surface area contributed by atoms with Crippen molar-refractivity contribution in [3.63, 3.8) is 0 Å². The van der Waals surface area contributed by atoms with Crippen molar-refractivity contribution in [3.05, 3.63) is 72.8 Å². The smallest absolute Gasteiger partial charge is 0.119 e. The van der Waals surface area contributed by atoms with Crippen molar-refractivity contribution in [3.8, 4) is 16.9 Å². The highest BCUT2D eigenvalue weighted by atomic mass is 28.3. The van der Waals surface area contributed by atoms with Gasteiger partial charge in [0.25, 0.3) is 0 Å². The summed E-state index contributed by atoms with van der Waals surface area (Å²) in [5.74, 6) is 0.944. The maximum atomic E-state index is 5.66. The molecule has 0 aliphatic rings. The molecule has 0 amide bonds. The Morgan fingerprint density at radius 2 is 1.24 bits per heavy atom. The zero-order chi connectivity index (χ0) is 20.4. The quantitative estimate of drug-likeness (QED) is 0.243. The molecule has 0 aliphatic heterocycles. The van der Waals surface area contributed by atoms with E-state index in [1.807, 2.05) is 0 Å². The van der Waals surface area contributed by atoms with Crippen LogP contribution in [0.2, 0.25) is 18.1 Å². The molecule has 0 saturated heterocycles. The Morgan fingerprint density at radius 3 is 1.86 bits per heavy atom. The molecule has 0 aromatic heterocycles. The van der Waals surface area contributed by atoms with E-state index in [2.05, 4.69) is 93.6 Å². The number of ether oxygens (including phenoxy) is 1. The summed E-state index contributed by atoms with van der Waals surface area (Å²) in [4.78, 5) is 0. The van der Waals surface area contributed by atoms with Gasteiger partial charge in [0, 0.05) is 0 Å². The van der Waals surface area contributed by atoms with Gasteiger partial charge in [0.1, 0.15) is 5.75 Å². The molecule has 0 radical (unpaired) electrons. The van der Waals surface area contributed by atoms with Crippen LogP contribution < -0.4 is 9.92 Å². The van der Waals surface area contributed by atoms with Crippen LogP contribution >= 0.6 is 0 Å². The molecule has 0 fully saturated rings. The lowest BCUT2D eigenvalue weighted by Gasteiger charge is -2.34. The van der Waals surface area contributed by atoms with Crippen LogP contribution in [-0.2, 0) is 0 Å². The second-order valence-corrected chi connectivity index (χ2v) is 13.1. The van der Waals surface area contributed by atoms with Crippen molar-refractivity contribution in [1.82, 2.24) is 0 Å². The number of hydrogen-bond donors (Lipinski definition) is 0. The summed E-state index contributed by atoms with van der Waals surface area (Å²) in [7, 11) is 0.0742. The van der Waals surface area contributed by atoms with Gasteiger partial charge < -0.3 is 4.74 Å². The van der Waals surface area contributed by atoms with Crippen molar-refractivity contribution in [2.24, 2.45) is 0 Å². The van der Waals surface area contributed by atoms with Gasteiger partial charge in [-0.1, -0.05) is 99.6 Å². The number of fused-ring (bicyclic) bond motifs is 3. The molecule has 0 bridgehead atoms. The van der Waals surface area contributed by atoms with Gasteiger partial charge in [0.2, 0.25) is 0 Å². The van der Waals surface area contributed by atoms with Gasteiger partial charge in [-0.25, -0.2) is 0 Å². The van der Waals surface area contributed by atoms with Crippen molar-refractivity contribution >= 4 is 34.8 Å². The van der Waals surface area contributed by atoms with E-state index in [4.69, 9.17) is 4.74 Å². The fourth-order valence-electron chi connectivity index (χ4n) is 5.03. The summed E-state index contributed by atoms with van der Waals surface area (Å²) in [5.41, 5.74) is 2.77. The van der Waals surface area contributed by atoms with E-state index < -0.39 is 8.07 Å². The van der Waals surface area contributed by atoms with Gasteiger partial charge in [-0.15, -0.1) is 0 Å². The molecular formula is C27H30OSi. The second-order valence-electron chi connectivity index (χ2n) is 7.91. The van der Waals surface area contributed by atoms with Gasteiger partial charge in [0.05, 0.1) is 15.2 Å². The molecule has 29 heavy (non-hydrogen) atoms. The first-order valence-electron chi connectivity index (χ1n) is 10.8. The maximum absolute atomic E-state index is 5.66. The molecule has 4 aromatic rings. The van der Waals surface area contributed by atoms with Crippen LogP contribution in [-0.4, -0.2) is 15.2 Å². The highest BCUT2D eigenvalue weighted by Gasteiger charge is 2.34. The Morgan fingerprint density at radius 1 is 0.655 bits per heavy atom. The van der Waals surface area contributed by atoms with E-state index in [0.29, 0.717) is 0 Å². The Kier molecular flexibility index (Phi) is 5.47. The fourth-order valence-corrected chi connectivity index (χ4v) is 9.18. The average molecular weight is 399 g/mol. The van der Waals surface area contributed by atoms with E-state index in [-0.39, 0.29) is 0 Å². The molecule has 4 aromatic carbocycles. The molecule has 148 valence electrons. The van der Waals surface area contributed by atoms with Crippen molar-refractivity contribution in [2.75, 3.05) is 7.11 Å². The van der Waals surface area contributed by atoms with Crippen molar-refractivity contribution in [1.29, 1.82) is 0 Å². The summed E-state index contributed by atoms with van der Waals surface area (Å²) in [5, 5.41) is 7.06. The van der Waals surface area contributed by atoms with Gasteiger partial charge >= 0.3 is 0 Å². The Balaban J connectivity index is 2.30. The summed E-state index contributed by atoms with van der Waals surface area (Å²) in [6.45, 7) is 7.19. The van der Waals surface area contributed by atoms with Crippen LogP contribution in [0.15, 0.2) is 72.8 Å². The molecule has 1 nitrogen and oxygen atoms in total. The Bertz CT molecular complexity index is 1140. The first kappa shape index (κ1) is 19.7. The van der Waals surface area contributed by atoms with E-state index in [1.54, 1.807) is 12.3 Å². The van der Waals surface area contributed by atoms with Crippen molar-refractivity contribution in [2.45, 2.75) is 38.9 Å². The van der Waals surface area contributed by atoms with Gasteiger partial charge in [-0.3, -0.25) is 0 Å². The normalized spacial score (nSPS) is 11.9. The molecule has 4 rings (SSSR count). The molecule has 2 heteroatoms. The number of rotatable bonds is 6. The number of hydrogen-bond acceptors (Lipinski definition) is 1. The van der Waals surface area contributed by atoms with Gasteiger partial charge in [-0.05, 0) is 50.0 Å². The highest BCUT2D eigenvalue weighted by Crippen LogP contribution is 2.39. The van der Waals surface area contributed by atoms with E-state index >= 15 is 0 Å². The van der Waals surface area contributed by atoms with Crippen LogP contribution in [0, 0.1) is 0 Å². The van der Waals surface area contributed by atoms with Gasteiger partial charge in [-0.2, -0.15) is 0 Å². The molecule has 0 unspecified atom stereocenters. The van der Waals surface area contributed by atoms with Crippen LogP contribution in [0.25, 0.3) is 32.7 Å². The van der Waals surface area contributed by atoms with Gasteiger partial charge in [0.15, 0.2) is 0 Å². The third-order valence-corrected chi connectivity index (χ3v) is 12.5. The third-order valence-electron chi connectivity index (χ3n) is 6.86. The van der Waals surface area contributed by atoms with E-state index in [1.165, 1.54) is 50.8 Å². The predicted molar refractivity (Wildman–Crippen MR) is 130 cm³/mol. The summed E-state index contributed by atoms with van der Waals surface area (Å²) in [6, 6.07) is 30.3. The Hall–Kier alpha value is -2.58. The minimum Gasteiger partial charge on any atom is -0.497 e.